The summed E-state index contributed by atoms with van der Waals surface area (Å²) in [5.74, 6) is -0.389. The molecule has 7 nitrogen and oxygen atoms in total. The number of ether oxygens (including phenoxy) is 4. The second-order valence-corrected chi connectivity index (χ2v) is 12.1. The summed E-state index contributed by atoms with van der Waals surface area (Å²) in [6.07, 6.45) is 3.60. The number of aliphatic hydroxyl groups is 2. The van der Waals surface area contributed by atoms with Gasteiger partial charge < -0.3 is 29.2 Å². The Hall–Kier alpha value is -1.17. The largest absolute Gasteiger partial charge is 0.461 e. The van der Waals surface area contributed by atoms with Crippen LogP contribution in [-0.4, -0.2) is 64.7 Å². The van der Waals surface area contributed by atoms with Crippen molar-refractivity contribution in [2.24, 2.45) is 29.1 Å². The van der Waals surface area contributed by atoms with Crippen LogP contribution in [0.4, 0.5) is 0 Å². The van der Waals surface area contributed by atoms with E-state index in [1.807, 2.05) is 20.8 Å². The van der Waals surface area contributed by atoms with Crippen molar-refractivity contribution in [2.45, 2.75) is 124 Å². The maximum atomic E-state index is 13.2. The topological polar surface area (TPSA) is 94.5 Å². The zero-order chi connectivity index (χ0) is 26.9. The Balaban J connectivity index is 2.61. The third-order valence-electron chi connectivity index (χ3n) is 8.17. The van der Waals surface area contributed by atoms with Gasteiger partial charge in [0.2, 0.25) is 0 Å². The molecule has 0 amide bonds. The van der Waals surface area contributed by atoms with E-state index in [2.05, 4.69) is 33.6 Å². The van der Waals surface area contributed by atoms with Crippen LogP contribution in [0.3, 0.4) is 0 Å². The summed E-state index contributed by atoms with van der Waals surface area (Å²) in [5.41, 5.74) is -1.86. The van der Waals surface area contributed by atoms with Gasteiger partial charge in [-0.3, -0.25) is 4.79 Å². The monoisotopic (exact) mass is 496 g/mol. The molecule has 2 aliphatic rings. The second-order valence-electron chi connectivity index (χ2n) is 12.1. The molecule has 0 saturated carbocycles. The lowest BCUT2D eigenvalue weighted by Crippen LogP contribution is -2.60. The third-order valence-corrected chi connectivity index (χ3v) is 8.17. The molecule has 2 aliphatic heterocycles. The minimum Gasteiger partial charge on any atom is -0.461 e. The van der Waals surface area contributed by atoms with Gasteiger partial charge in [0.1, 0.15) is 12.7 Å². The Bertz CT molecular complexity index is 768. The fraction of sp³-hybridized carbons (Fsp3) is 0.893. The zero-order valence-electron chi connectivity index (χ0n) is 23.3. The molecule has 2 heterocycles. The fourth-order valence-corrected chi connectivity index (χ4v) is 6.40. The lowest BCUT2D eigenvalue weighted by atomic mass is 9.69. The van der Waals surface area contributed by atoms with E-state index >= 15 is 0 Å². The summed E-state index contributed by atoms with van der Waals surface area (Å²) in [7, 11) is 0. The molecule has 0 aromatic carbocycles. The first-order valence-corrected chi connectivity index (χ1v) is 13.0. The van der Waals surface area contributed by atoms with Crippen LogP contribution in [-0.2, 0) is 23.7 Å². The van der Waals surface area contributed by atoms with Crippen LogP contribution in [0, 0.1) is 41.4 Å². The number of cyclic esters (lactones) is 1. The lowest BCUT2D eigenvalue weighted by Gasteiger charge is -2.54. The molecule has 0 aromatic heterocycles. The first kappa shape index (κ1) is 30.1. The van der Waals surface area contributed by atoms with Crippen molar-refractivity contribution in [2.75, 3.05) is 6.61 Å². The van der Waals surface area contributed by atoms with Crippen LogP contribution >= 0.6 is 0 Å². The molecule has 0 spiro atoms. The predicted octanol–water partition coefficient (Wildman–Crippen LogP) is 3.93. The highest BCUT2D eigenvalue weighted by atomic mass is 16.7. The maximum absolute atomic E-state index is 13.2. The summed E-state index contributed by atoms with van der Waals surface area (Å²) in [5, 5.41) is 22.8. The van der Waals surface area contributed by atoms with Crippen LogP contribution in [0.2, 0.25) is 0 Å². The number of hydrogen-bond donors (Lipinski definition) is 2. The molecule has 35 heavy (non-hydrogen) atoms. The molecule has 10 atom stereocenters. The summed E-state index contributed by atoms with van der Waals surface area (Å²) < 4.78 is 24.8. The molecule has 0 aromatic rings. The van der Waals surface area contributed by atoms with E-state index in [-0.39, 0.29) is 30.7 Å². The van der Waals surface area contributed by atoms with Crippen LogP contribution < -0.4 is 0 Å². The average Bonchev–Trinajstić information content (AvgIpc) is 2.76. The van der Waals surface area contributed by atoms with Gasteiger partial charge >= 0.3 is 5.97 Å². The Kier molecular flexibility index (Phi) is 9.50. The third kappa shape index (κ3) is 6.40. The van der Waals surface area contributed by atoms with E-state index in [0.29, 0.717) is 12.8 Å². The van der Waals surface area contributed by atoms with Crippen molar-refractivity contribution in [1.29, 1.82) is 0 Å². The first-order valence-electron chi connectivity index (χ1n) is 13.0. The fourth-order valence-electron chi connectivity index (χ4n) is 6.40. The molecule has 0 radical (unpaired) electrons. The Labute approximate surface area is 212 Å². The number of rotatable bonds is 3. The number of fused-ring (bicyclic) bond motifs is 2. The lowest BCUT2D eigenvalue weighted by molar-refractivity contribution is -0.350. The standard InChI is InChI=1S/C28H48O7/c1-12-14-32-24-17(4)21(29)18(5)25(30)33-20(13-2)26(7,8)23-19(6)22(34-27(9,10)35-23)16(3)15-28(24,11)31/h1,16-24,29,31H,13-15H2,2-11H3/t16-,17+,18-,19+,20-,21+,22+,23-,24-,28-/m1/s1. The van der Waals surface area contributed by atoms with E-state index in [4.69, 9.17) is 25.4 Å². The number of carbonyl (C=O) groups is 1. The number of hydrogen-bond acceptors (Lipinski definition) is 7. The number of aliphatic hydroxyl groups excluding tert-OH is 1. The number of esters is 1. The SMILES string of the molecule is C#CCO[C@@H]1[C@@H](C)[C@H](O)[C@@H](C)C(=O)O[C@H](CC)C(C)(C)[C@@H]2OC(C)(C)O[C@H]([C@@H]2C)[C@H](C)C[C@@]1(C)O. The van der Waals surface area contributed by atoms with Crippen molar-refractivity contribution in [3.8, 4) is 12.3 Å². The van der Waals surface area contributed by atoms with Gasteiger partial charge in [0.05, 0.1) is 35.9 Å². The highest BCUT2D eigenvalue weighted by Crippen LogP contribution is 2.46. The molecule has 2 bridgehead atoms. The number of terminal acetylenes is 1. The predicted molar refractivity (Wildman–Crippen MR) is 134 cm³/mol. The Morgan fingerprint density at radius 3 is 2.23 bits per heavy atom. The van der Waals surface area contributed by atoms with Crippen molar-refractivity contribution >= 4 is 5.97 Å². The molecule has 7 heteroatoms. The normalized spacial score (nSPS) is 44.5. The van der Waals surface area contributed by atoms with Crippen molar-refractivity contribution in [3.63, 3.8) is 0 Å². The molecule has 0 aliphatic carbocycles. The molecule has 2 rings (SSSR count). The van der Waals surface area contributed by atoms with Gasteiger partial charge in [-0.25, -0.2) is 0 Å². The molecule has 2 saturated heterocycles. The first-order chi connectivity index (χ1) is 16.0. The number of carbonyl (C=O) groups excluding carboxylic acids is 1. The van der Waals surface area contributed by atoms with E-state index in [0.717, 1.165) is 0 Å². The maximum Gasteiger partial charge on any atom is 0.311 e. The molecule has 0 unspecified atom stereocenters. The summed E-state index contributed by atoms with van der Waals surface area (Å²) in [4.78, 5) is 13.2. The Morgan fingerprint density at radius 1 is 1.09 bits per heavy atom. The van der Waals surface area contributed by atoms with Crippen LogP contribution in [0.25, 0.3) is 0 Å². The zero-order valence-corrected chi connectivity index (χ0v) is 23.3. The van der Waals surface area contributed by atoms with Crippen LogP contribution in [0.1, 0.15) is 82.1 Å². The van der Waals surface area contributed by atoms with E-state index < -0.39 is 52.9 Å². The summed E-state index contributed by atoms with van der Waals surface area (Å²) in [6.45, 7) is 19.2. The summed E-state index contributed by atoms with van der Waals surface area (Å²) >= 11 is 0. The van der Waals surface area contributed by atoms with Gasteiger partial charge in [0.25, 0.3) is 0 Å². The van der Waals surface area contributed by atoms with Gasteiger partial charge in [-0.1, -0.05) is 47.5 Å². The van der Waals surface area contributed by atoms with Crippen LogP contribution in [0.5, 0.6) is 0 Å². The molecular weight excluding hydrogens is 448 g/mol. The minimum absolute atomic E-state index is 0.0174. The van der Waals surface area contributed by atoms with Crippen molar-refractivity contribution in [3.05, 3.63) is 0 Å². The van der Waals surface area contributed by atoms with Gasteiger partial charge in [0, 0.05) is 17.3 Å². The Morgan fingerprint density at radius 2 is 1.69 bits per heavy atom. The highest BCUT2D eigenvalue weighted by Gasteiger charge is 2.54. The second kappa shape index (κ2) is 11.1. The summed E-state index contributed by atoms with van der Waals surface area (Å²) in [6, 6.07) is 0. The van der Waals surface area contributed by atoms with Gasteiger partial charge in [0.15, 0.2) is 5.79 Å². The van der Waals surface area contributed by atoms with Crippen LogP contribution in [0.15, 0.2) is 0 Å². The molecule has 202 valence electrons. The average molecular weight is 497 g/mol. The molecule has 2 N–H and O–H groups in total. The van der Waals surface area contributed by atoms with Gasteiger partial charge in [-0.05, 0) is 46.5 Å². The highest BCUT2D eigenvalue weighted by molar-refractivity contribution is 5.73. The van der Waals surface area contributed by atoms with E-state index in [9.17, 15) is 15.0 Å². The van der Waals surface area contributed by atoms with Crippen molar-refractivity contribution < 1.29 is 34.0 Å². The van der Waals surface area contributed by atoms with Gasteiger partial charge in [-0.2, -0.15) is 0 Å². The van der Waals surface area contributed by atoms with Crippen molar-refractivity contribution in [1.82, 2.24) is 0 Å². The molecule has 2 fully saturated rings. The smallest absolute Gasteiger partial charge is 0.311 e. The van der Waals surface area contributed by atoms with E-state index in [1.165, 1.54) is 0 Å². The minimum atomic E-state index is -1.34. The molecular formula is C28H48O7. The van der Waals surface area contributed by atoms with Gasteiger partial charge in [-0.15, -0.1) is 6.42 Å². The quantitative estimate of drug-likeness (QED) is 0.452. The van der Waals surface area contributed by atoms with E-state index in [1.54, 1.807) is 20.8 Å².